The van der Waals surface area contributed by atoms with E-state index in [9.17, 15) is 13.8 Å². The Bertz CT molecular complexity index is 1480. The van der Waals surface area contributed by atoms with E-state index in [-0.39, 0.29) is 28.4 Å². The van der Waals surface area contributed by atoms with E-state index in [1.807, 2.05) is 25.1 Å². The molecular weight excluding hydrogens is 568 g/mol. The van der Waals surface area contributed by atoms with E-state index in [0.717, 1.165) is 80.9 Å². The fourth-order valence-corrected chi connectivity index (χ4v) is 9.60. The number of nitrogens with zero attached hydrogens (tertiary/aromatic N) is 1. The summed E-state index contributed by atoms with van der Waals surface area (Å²) in [6, 6.07) is 11.8. The molecule has 6 nitrogen and oxygen atoms in total. The normalized spacial score (nSPS) is 35.1. The summed E-state index contributed by atoms with van der Waals surface area (Å²) < 4.78 is 23.0. The number of nitrogens with one attached hydrogen (secondary N) is 1. The fraction of sp³-hybridized carbons (Fsp3) is 0.559. The average molecular weight is 611 g/mol. The fourth-order valence-electron chi connectivity index (χ4n) is 7.90. The van der Waals surface area contributed by atoms with Gasteiger partial charge < -0.3 is 14.4 Å². The summed E-state index contributed by atoms with van der Waals surface area (Å²) in [6.07, 6.45) is 8.99. The summed E-state index contributed by atoms with van der Waals surface area (Å²) in [6.45, 7) is 6.08. The molecule has 2 aromatic rings. The molecule has 2 aliphatic heterocycles. The zero-order valence-electron chi connectivity index (χ0n) is 24.8. The van der Waals surface area contributed by atoms with Crippen LogP contribution < -0.4 is 14.4 Å². The van der Waals surface area contributed by atoms with E-state index in [1.54, 1.807) is 6.07 Å². The van der Waals surface area contributed by atoms with Crippen LogP contribution in [-0.4, -0.2) is 47.2 Å². The molecule has 1 N–H and O–H groups in total. The number of amides is 1. The van der Waals surface area contributed by atoms with Gasteiger partial charge in [0.2, 0.25) is 0 Å². The van der Waals surface area contributed by atoms with Gasteiger partial charge in [-0.05, 0) is 117 Å². The second-order valence-corrected chi connectivity index (χ2v) is 16.2. The largest absolute Gasteiger partial charge is 0.490 e. The molecule has 6 rings (SSSR count). The van der Waals surface area contributed by atoms with Crippen LogP contribution in [0.4, 0.5) is 5.69 Å². The van der Waals surface area contributed by atoms with Crippen LogP contribution in [0.5, 0.6) is 5.75 Å². The Morgan fingerprint density at radius 3 is 2.71 bits per heavy atom. The van der Waals surface area contributed by atoms with Crippen molar-refractivity contribution in [2.75, 3.05) is 24.6 Å². The van der Waals surface area contributed by atoms with Crippen LogP contribution in [-0.2, 0) is 26.3 Å². The van der Waals surface area contributed by atoms with Gasteiger partial charge >= 0.3 is 0 Å². The molecule has 1 fully saturated rings. The second-order valence-electron chi connectivity index (χ2n) is 13.4. The van der Waals surface area contributed by atoms with Crippen LogP contribution in [0.1, 0.15) is 80.3 Å². The van der Waals surface area contributed by atoms with Crippen LogP contribution in [0, 0.1) is 23.7 Å². The lowest BCUT2D eigenvalue weighted by Crippen LogP contribution is -2.49. The lowest BCUT2D eigenvalue weighted by atomic mass is 9.65. The number of halogens is 1. The van der Waals surface area contributed by atoms with E-state index in [0.29, 0.717) is 24.0 Å². The summed E-state index contributed by atoms with van der Waals surface area (Å²) in [5.74, 6) is 5.24. The first-order valence-corrected chi connectivity index (χ1v) is 17.7. The Kier molecular flexibility index (Phi) is 8.12. The number of fused-ring (bicyclic) bond motifs is 4. The molecule has 4 aliphatic rings. The average Bonchev–Trinajstić information content (AvgIpc) is 3.10. The lowest BCUT2D eigenvalue weighted by Gasteiger charge is -2.46. The minimum Gasteiger partial charge on any atom is -0.490 e. The Labute approximate surface area is 255 Å². The summed E-state index contributed by atoms with van der Waals surface area (Å²) in [5.41, 5.74) is 3.71. The van der Waals surface area contributed by atoms with Crippen molar-refractivity contribution >= 4 is 45.1 Å². The maximum Gasteiger partial charge on any atom is 0.262 e. The minimum atomic E-state index is -2.89. The number of carbonyl (C=O) groups excluding carboxylic acids is 2. The molecule has 0 saturated heterocycles. The Morgan fingerprint density at radius 1 is 1.12 bits per heavy atom. The van der Waals surface area contributed by atoms with Crippen LogP contribution in [0.2, 0.25) is 5.02 Å². The molecule has 1 saturated carbocycles. The SMILES string of the molecule is C=S1(=O)NC(=O)c2ccc3c(c2)N(C[C@@H]2CC[C@H]2[C@H](C=O)CCC[C@H](C)[C@H]1C)C[C@@]1(CCCc2cc(Cl)ccc21)CO3. The van der Waals surface area contributed by atoms with Crippen molar-refractivity contribution in [2.24, 2.45) is 23.7 Å². The lowest BCUT2D eigenvalue weighted by molar-refractivity contribution is -0.115. The van der Waals surface area contributed by atoms with E-state index in [2.05, 4.69) is 34.5 Å². The number of benzene rings is 2. The zero-order chi connectivity index (χ0) is 29.6. The molecule has 226 valence electrons. The van der Waals surface area contributed by atoms with Gasteiger partial charge in [0.15, 0.2) is 0 Å². The van der Waals surface area contributed by atoms with Gasteiger partial charge in [-0.2, -0.15) is 0 Å². The highest BCUT2D eigenvalue weighted by atomic mass is 35.5. The monoisotopic (exact) mass is 610 g/mol. The molecule has 1 unspecified atom stereocenters. The number of rotatable bonds is 1. The second kappa shape index (κ2) is 11.5. The topological polar surface area (TPSA) is 75.7 Å². The van der Waals surface area contributed by atoms with E-state index < -0.39 is 9.71 Å². The Hall–Kier alpha value is -2.51. The first-order valence-electron chi connectivity index (χ1n) is 15.5. The molecule has 2 aromatic carbocycles. The van der Waals surface area contributed by atoms with Crippen LogP contribution >= 0.6 is 11.6 Å². The van der Waals surface area contributed by atoms with Gasteiger partial charge in [-0.15, -0.1) is 0 Å². The van der Waals surface area contributed by atoms with Gasteiger partial charge in [-0.1, -0.05) is 31.0 Å². The first kappa shape index (κ1) is 29.6. The molecule has 1 amide bonds. The van der Waals surface area contributed by atoms with Crippen molar-refractivity contribution in [1.82, 2.24) is 4.72 Å². The standard InChI is InChI=1S/C34H43ClN2O4S/c1-22-6-4-7-27(19-38)29-12-9-26(29)18-37-20-34(15-5-8-24-16-28(35)11-13-30(24)34)21-41-32-14-10-25(17-31(32)37)33(39)36-42(3,40)23(22)2/h10-11,13-14,16-17,19,22-23,26-27,29H,3-9,12,15,18,20-21H2,1-2H3,(H,36,39,40)/t22-,23+,26-,27-,29+,34-,42?/m0/s1. The van der Waals surface area contributed by atoms with Crippen molar-refractivity contribution in [1.29, 1.82) is 0 Å². The summed E-state index contributed by atoms with van der Waals surface area (Å²) in [7, 11) is -2.89. The number of ether oxygens (including phenoxy) is 1. The van der Waals surface area contributed by atoms with Gasteiger partial charge in [-0.25, -0.2) is 4.21 Å². The molecule has 2 heterocycles. The third-order valence-electron chi connectivity index (χ3n) is 10.8. The number of anilines is 1. The number of aryl methyl sites for hydroxylation is 1. The molecule has 0 radical (unpaired) electrons. The van der Waals surface area contributed by atoms with Crippen LogP contribution in [0.3, 0.4) is 0 Å². The summed E-state index contributed by atoms with van der Waals surface area (Å²) >= 11 is 6.41. The van der Waals surface area contributed by atoms with Crippen molar-refractivity contribution in [2.45, 2.75) is 75.9 Å². The van der Waals surface area contributed by atoms with Gasteiger partial charge in [0.05, 0.1) is 22.0 Å². The predicted molar refractivity (Wildman–Crippen MR) is 171 cm³/mol. The third-order valence-corrected chi connectivity index (χ3v) is 13.3. The first-order chi connectivity index (χ1) is 20.1. The quantitative estimate of drug-likeness (QED) is 0.306. The molecular formula is C34H43ClN2O4S. The van der Waals surface area contributed by atoms with Crippen molar-refractivity contribution in [3.63, 3.8) is 0 Å². The molecule has 8 heteroatoms. The summed E-state index contributed by atoms with van der Waals surface area (Å²) in [4.78, 5) is 28.3. The Morgan fingerprint density at radius 2 is 1.95 bits per heavy atom. The number of hydrogen-bond donors (Lipinski definition) is 1. The van der Waals surface area contributed by atoms with Crippen molar-refractivity contribution in [3.05, 3.63) is 58.1 Å². The van der Waals surface area contributed by atoms with E-state index in [1.165, 1.54) is 17.4 Å². The van der Waals surface area contributed by atoms with Crippen LogP contribution in [0.25, 0.3) is 0 Å². The van der Waals surface area contributed by atoms with Crippen molar-refractivity contribution < 1.29 is 18.5 Å². The molecule has 42 heavy (non-hydrogen) atoms. The Balaban J connectivity index is 1.42. The molecule has 1 spiro atoms. The zero-order valence-corrected chi connectivity index (χ0v) is 26.4. The minimum absolute atomic E-state index is 0.0310. The molecule has 0 aromatic heterocycles. The predicted octanol–water partition coefficient (Wildman–Crippen LogP) is 6.22. The highest BCUT2D eigenvalue weighted by Crippen LogP contribution is 2.47. The van der Waals surface area contributed by atoms with Gasteiger partial charge in [0.1, 0.15) is 12.0 Å². The van der Waals surface area contributed by atoms with E-state index >= 15 is 0 Å². The molecule has 2 bridgehead atoms. The van der Waals surface area contributed by atoms with Crippen LogP contribution in [0.15, 0.2) is 36.4 Å². The smallest absolute Gasteiger partial charge is 0.262 e. The van der Waals surface area contributed by atoms with Crippen molar-refractivity contribution in [3.8, 4) is 5.75 Å². The maximum atomic E-state index is 13.6. The highest BCUT2D eigenvalue weighted by molar-refractivity contribution is 7.99. The van der Waals surface area contributed by atoms with Gasteiger partial charge in [-0.3, -0.25) is 9.52 Å². The van der Waals surface area contributed by atoms with Gasteiger partial charge in [0.25, 0.3) is 5.91 Å². The third kappa shape index (κ3) is 5.47. The number of hydrogen-bond acceptors (Lipinski definition) is 5. The van der Waals surface area contributed by atoms with Gasteiger partial charge in [0, 0.05) is 40.3 Å². The number of carbonyl (C=O) groups is 2. The molecule has 7 atom stereocenters. The molecule has 2 aliphatic carbocycles. The summed E-state index contributed by atoms with van der Waals surface area (Å²) in [5, 5.41) is 0.466. The van der Waals surface area contributed by atoms with E-state index in [4.69, 9.17) is 16.3 Å². The maximum absolute atomic E-state index is 13.6. The highest BCUT2D eigenvalue weighted by Gasteiger charge is 2.44. The number of aldehydes is 1.